The van der Waals surface area contributed by atoms with Gasteiger partial charge in [0.25, 0.3) is 0 Å². The van der Waals surface area contributed by atoms with Crippen LogP contribution < -0.4 is 9.47 Å². The standard InChI is InChI=1S/C29H21Br2FN2O3/c1-2-13-35-21-9-5-17(6-10-21)24-16-25-22-14-19(30)15-23(31)28(22)37-29(34(25)33-24)27-12-11-26(36-27)18-3-7-20(32)8-4-18/h2-12,14-15,25,29H,1,13,16H2. The molecule has 0 spiro atoms. The van der Waals surface area contributed by atoms with Gasteiger partial charge in [0.1, 0.15) is 29.7 Å². The molecule has 2 aliphatic rings. The van der Waals surface area contributed by atoms with E-state index < -0.39 is 6.23 Å². The van der Waals surface area contributed by atoms with Gasteiger partial charge in [-0.15, -0.1) is 0 Å². The number of hydrogen-bond acceptors (Lipinski definition) is 5. The van der Waals surface area contributed by atoms with Gasteiger partial charge >= 0.3 is 0 Å². The Hall–Kier alpha value is -3.36. The van der Waals surface area contributed by atoms with Crippen LogP contribution in [-0.4, -0.2) is 17.3 Å². The Morgan fingerprint density at radius 3 is 2.54 bits per heavy atom. The van der Waals surface area contributed by atoms with Crippen molar-refractivity contribution in [3.8, 4) is 22.8 Å². The number of furan rings is 1. The van der Waals surface area contributed by atoms with E-state index in [4.69, 9.17) is 19.0 Å². The second-order valence-electron chi connectivity index (χ2n) is 8.76. The summed E-state index contributed by atoms with van der Waals surface area (Å²) in [6, 6.07) is 21.9. The maximum Gasteiger partial charge on any atom is 0.246 e. The van der Waals surface area contributed by atoms with Crippen LogP contribution in [0.4, 0.5) is 4.39 Å². The Bertz CT molecular complexity index is 1500. The smallest absolute Gasteiger partial charge is 0.246 e. The number of ether oxygens (including phenoxy) is 2. The van der Waals surface area contributed by atoms with E-state index in [0.29, 0.717) is 24.5 Å². The number of nitrogens with zero attached hydrogens (tertiary/aromatic N) is 2. The number of rotatable bonds is 6. The molecule has 3 aromatic carbocycles. The van der Waals surface area contributed by atoms with Gasteiger partial charge < -0.3 is 13.9 Å². The highest BCUT2D eigenvalue weighted by Gasteiger charge is 2.43. The van der Waals surface area contributed by atoms with E-state index in [1.807, 2.05) is 47.5 Å². The lowest BCUT2D eigenvalue weighted by Gasteiger charge is -2.37. The summed E-state index contributed by atoms with van der Waals surface area (Å²) in [6.45, 7) is 4.15. The molecule has 0 radical (unpaired) electrons. The zero-order valence-corrected chi connectivity index (χ0v) is 22.7. The molecule has 2 atom stereocenters. The molecule has 186 valence electrons. The van der Waals surface area contributed by atoms with E-state index in [-0.39, 0.29) is 11.9 Å². The van der Waals surface area contributed by atoms with Gasteiger partial charge in [0.2, 0.25) is 6.23 Å². The summed E-state index contributed by atoms with van der Waals surface area (Å²) < 4.78 is 33.6. The highest BCUT2D eigenvalue weighted by atomic mass is 79.9. The number of benzene rings is 3. The number of fused-ring (bicyclic) bond motifs is 3. The van der Waals surface area contributed by atoms with Crippen LogP contribution in [-0.2, 0) is 0 Å². The summed E-state index contributed by atoms with van der Waals surface area (Å²) in [5, 5.41) is 6.97. The molecule has 0 saturated heterocycles. The van der Waals surface area contributed by atoms with E-state index in [0.717, 1.165) is 42.8 Å². The van der Waals surface area contributed by atoms with Crippen LogP contribution in [0.25, 0.3) is 11.3 Å². The second-order valence-corrected chi connectivity index (χ2v) is 10.5. The van der Waals surface area contributed by atoms with Crippen molar-refractivity contribution in [3.63, 3.8) is 0 Å². The van der Waals surface area contributed by atoms with E-state index in [1.54, 1.807) is 18.2 Å². The lowest BCUT2D eigenvalue weighted by molar-refractivity contribution is -0.0328. The van der Waals surface area contributed by atoms with Crippen LogP contribution in [0.15, 0.2) is 104 Å². The average molecular weight is 624 g/mol. The summed E-state index contributed by atoms with van der Waals surface area (Å²) in [5.74, 6) is 2.50. The topological polar surface area (TPSA) is 47.2 Å². The Morgan fingerprint density at radius 2 is 1.78 bits per heavy atom. The largest absolute Gasteiger partial charge is 0.490 e. The molecule has 0 bridgehead atoms. The first-order chi connectivity index (χ1) is 18.0. The third-order valence-electron chi connectivity index (χ3n) is 6.36. The fourth-order valence-corrected chi connectivity index (χ4v) is 5.98. The average Bonchev–Trinajstić information content (AvgIpc) is 3.56. The van der Waals surface area contributed by atoms with Crippen molar-refractivity contribution in [3.05, 3.63) is 117 Å². The van der Waals surface area contributed by atoms with Crippen molar-refractivity contribution in [2.75, 3.05) is 6.61 Å². The predicted octanol–water partition coefficient (Wildman–Crippen LogP) is 8.42. The van der Waals surface area contributed by atoms with Crippen LogP contribution in [0.5, 0.6) is 11.5 Å². The Balaban J connectivity index is 1.37. The number of hydrazone groups is 1. The number of hydrogen-bond donors (Lipinski definition) is 0. The molecule has 4 aromatic rings. The lowest BCUT2D eigenvalue weighted by atomic mass is 9.96. The summed E-state index contributed by atoms with van der Waals surface area (Å²) in [5.41, 5.74) is 3.78. The minimum atomic E-state index is -0.572. The van der Waals surface area contributed by atoms with Gasteiger partial charge in [0.15, 0.2) is 5.76 Å². The van der Waals surface area contributed by atoms with Crippen molar-refractivity contribution in [1.82, 2.24) is 5.01 Å². The van der Waals surface area contributed by atoms with Gasteiger partial charge in [-0.1, -0.05) is 28.6 Å². The first-order valence-corrected chi connectivity index (χ1v) is 13.3. The molecule has 6 rings (SSSR count). The van der Waals surface area contributed by atoms with Crippen LogP contribution in [0, 0.1) is 5.82 Å². The SMILES string of the molecule is C=CCOc1ccc(C2=NN3C(C2)c2cc(Br)cc(Br)c2OC3c2ccc(-c3ccc(F)cc3)o2)cc1. The van der Waals surface area contributed by atoms with Crippen LogP contribution in [0.2, 0.25) is 0 Å². The number of halogens is 3. The molecule has 1 aromatic heterocycles. The summed E-state index contributed by atoms with van der Waals surface area (Å²) >= 11 is 7.28. The summed E-state index contributed by atoms with van der Waals surface area (Å²) in [4.78, 5) is 0. The zero-order chi connectivity index (χ0) is 25.5. The fraction of sp³-hybridized carbons (Fsp3) is 0.138. The van der Waals surface area contributed by atoms with Gasteiger partial charge in [-0.3, -0.25) is 0 Å². The van der Waals surface area contributed by atoms with E-state index in [1.165, 1.54) is 12.1 Å². The van der Waals surface area contributed by atoms with Crippen molar-refractivity contribution in [1.29, 1.82) is 0 Å². The summed E-state index contributed by atoms with van der Waals surface area (Å²) in [7, 11) is 0. The van der Waals surface area contributed by atoms with E-state index >= 15 is 0 Å². The van der Waals surface area contributed by atoms with Gasteiger partial charge in [0, 0.05) is 22.0 Å². The Morgan fingerprint density at radius 1 is 1.03 bits per heavy atom. The molecule has 0 saturated carbocycles. The van der Waals surface area contributed by atoms with E-state index in [2.05, 4.69) is 44.5 Å². The Labute approximate surface area is 230 Å². The minimum Gasteiger partial charge on any atom is -0.490 e. The van der Waals surface area contributed by atoms with E-state index in [9.17, 15) is 4.39 Å². The molecule has 2 unspecified atom stereocenters. The molecule has 5 nitrogen and oxygen atoms in total. The molecule has 0 aliphatic carbocycles. The highest BCUT2D eigenvalue weighted by molar-refractivity contribution is 9.11. The predicted molar refractivity (Wildman–Crippen MR) is 147 cm³/mol. The van der Waals surface area contributed by atoms with Crippen LogP contribution in [0.1, 0.15) is 35.6 Å². The third kappa shape index (κ3) is 4.60. The second kappa shape index (κ2) is 9.84. The van der Waals surface area contributed by atoms with Gasteiger partial charge in [-0.25, -0.2) is 9.40 Å². The molecule has 2 aliphatic heterocycles. The molecule has 8 heteroatoms. The molecule has 0 fully saturated rings. The Kier molecular flexibility index (Phi) is 6.38. The fourth-order valence-electron chi connectivity index (χ4n) is 4.63. The highest BCUT2D eigenvalue weighted by Crippen LogP contribution is 2.51. The molecule has 37 heavy (non-hydrogen) atoms. The molecule has 3 heterocycles. The molecule has 0 N–H and O–H groups in total. The van der Waals surface area contributed by atoms with Crippen LogP contribution in [0.3, 0.4) is 0 Å². The van der Waals surface area contributed by atoms with Crippen molar-refractivity contribution in [2.45, 2.75) is 18.7 Å². The first kappa shape index (κ1) is 24.0. The third-order valence-corrected chi connectivity index (χ3v) is 7.41. The monoisotopic (exact) mass is 622 g/mol. The van der Waals surface area contributed by atoms with Gasteiger partial charge in [-0.05, 0) is 94.3 Å². The summed E-state index contributed by atoms with van der Waals surface area (Å²) in [6.07, 6.45) is 1.85. The maximum atomic E-state index is 13.4. The van der Waals surface area contributed by atoms with Gasteiger partial charge in [-0.2, -0.15) is 5.10 Å². The quantitative estimate of drug-likeness (QED) is 0.202. The normalized spacial score (nSPS) is 18.0. The van der Waals surface area contributed by atoms with Crippen molar-refractivity contribution >= 4 is 37.6 Å². The molecular weight excluding hydrogens is 603 g/mol. The van der Waals surface area contributed by atoms with Crippen molar-refractivity contribution < 1.29 is 18.3 Å². The first-order valence-electron chi connectivity index (χ1n) is 11.7. The zero-order valence-electron chi connectivity index (χ0n) is 19.5. The molecular formula is C29H21Br2FN2O3. The van der Waals surface area contributed by atoms with Gasteiger partial charge in [0.05, 0.1) is 16.2 Å². The van der Waals surface area contributed by atoms with Crippen molar-refractivity contribution in [2.24, 2.45) is 5.10 Å². The van der Waals surface area contributed by atoms with Crippen LogP contribution >= 0.6 is 31.9 Å². The lowest BCUT2D eigenvalue weighted by Crippen LogP contribution is -2.33. The minimum absolute atomic E-state index is 0.0476. The maximum absolute atomic E-state index is 13.4. The molecule has 0 amide bonds.